The lowest BCUT2D eigenvalue weighted by molar-refractivity contribution is 0.381. The first-order valence-electron chi connectivity index (χ1n) is 3.62. The molecule has 2 N–H and O–H groups in total. The van der Waals surface area contributed by atoms with Crippen LogP contribution in [0.1, 0.15) is 26.7 Å². The fourth-order valence-corrected chi connectivity index (χ4v) is 0.451. The van der Waals surface area contributed by atoms with Crippen LogP contribution in [0, 0.1) is 5.92 Å². The molecule has 0 aromatic heterocycles. The van der Waals surface area contributed by atoms with Crippen LogP contribution in [0.25, 0.3) is 0 Å². The third-order valence-electron chi connectivity index (χ3n) is 1.27. The summed E-state index contributed by atoms with van der Waals surface area (Å²) in [4.78, 5) is 0. The maximum atomic E-state index is 8.74. The molecule has 0 saturated carbocycles. The Morgan fingerprint density at radius 3 is 1.92 bits per heavy atom. The van der Waals surface area contributed by atoms with Crippen LogP contribution >= 0.6 is 0 Å². The first kappa shape index (κ1) is 14.2. The molecule has 0 aromatic carbocycles. The largest absolute Gasteiger partial charge is 0.394 e. The van der Waals surface area contributed by atoms with Crippen molar-refractivity contribution in [3.05, 3.63) is 12.7 Å². The normalized spacial score (nSPS) is 12.7. The molecular formula is C7H16O4S. The van der Waals surface area contributed by atoms with E-state index in [1.807, 2.05) is 6.08 Å². The molecule has 0 heterocycles. The summed E-state index contributed by atoms with van der Waals surface area (Å²) < 4.78 is 31.6. The third kappa shape index (κ3) is 33.5. The molecule has 0 fully saturated rings. The number of allylic oxidation sites excluding steroid dienone is 1. The first-order valence-corrected chi connectivity index (χ1v) is 5.01. The topological polar surface area (TPSA) is 74.6 Å². The summed E-state index contributed by atoms with van der Waals surface area (Å²) in [5.41, 5.74) is 0. The SMILES string of the molecule is C=CC[C@@H](C)CC.O=S(=O)(O)O. The van der Waals surface area contributed by atoms with Crippen molar-refractivity contribution in [3.63, 3.8) is 0 Å². The molecule has 0 radical (unpaired) electrons. The van der Waals surface area contributed by atoms with Crippen molar-refractivity contribution in [1.29, 1.82) is 0 Å². The molecule has 0 bridgehead atoms. The van der Waals surface area contributed by atoms with Gasteiger partial charge in [-0.25, -0.2) is 0 Å². The van der Waals surface area contributed by atoms with Crippen molar-refractivity contribution in [2.24, 2.45) is 5.92 Å². The quantitative estimate of drug-likeness (QED) is 0.534. The molecule has 4 nitrogen and oxygen atoms in total. The lowest BCUT2D eigenvalue weighted by Gasteiger charge is -2.00. The lowest BCUT2D eigenvalue weighted by atomic mass is 10.1. The zero-order valence-corrected chi connectivity index (χ0v) is 8.21. The Balaban J connectivity index is 0. The summed E-state index contributed by atoms with van der Waals surface area (Å²) in [6, 6.07) is 0. The van der Waals surface area contributed by atoms with Crippen molar-refractivity contribution in [2.45, 2.75) is 26.7 Å². The zero-order valence-electron chi connectivity index (χ0n) is 7.40. The van der Waals surface area contributed by atoms with Gasteiger partial charge in [0.05, 0.1) is 0 Å². The highest BCUT2D eigenvalue weighted by atomic mass is 32.3. The molecule has 0 saturated heterocycles. The fourth-order valence-electron chi connectivity index (χ4n) is 0.451. The predicted molar refractivity (Wildman–Crippen MR) is 48.4 cm³/mol. The molecule has 0 unspecified atom stereocenters. The Kier molecular flexibility index (Phi) is 8.57. The average molecular weight is 196 g/mol. The molecule has 1 atom stereocenters. The number of hydrogen-bond donors (Lipinski definition) is 2. The maximum absolute atomic E-state index is 8.74. The summed E-state index contributed by atoms with van der Waals surface area (Å²) in [7, 11) is -4.67. The molecule has 12 heavy (non-hydrogen) atoms. The maximum Gasteiger partial charge on any atom is 0.394 e. The van der Waals surface area contributed by atoms with E-state index < -0.39 is 10.4 Å². The Bertz CT molecular complexity index is 187. The lowest BCUT2D eigenvalue weighted by Crippen LogP contribution is -1.89. The molecule has 0 amide bonds. The number of hydrogen-bond acceptors (Lipinski definition) is 2. The average Bonchev–Trinajstić information content (AvgIpc) is 1.85. The van der Waals surface area contributed by atoms with Crippen LogP contribution in [0.4, 0.5) is 0 Å². The smallest absolute Gasteiger partial charge is 0.264 e. The molecule has 74 valence electrons. The van der Waals surface area contributed by atoms with Crippen molar-refractivity contribution in [1.82, 2.24) is 0 Å². The van der Waals surface area contributed by atoms with E-state index in [0.29, 0.717) is 0 Å². The highest BCUT2D eigenvalue weighted by molar-refractivity contribution is 7.79. The van der Waals surface area contributed by atoms with E-state index >= 15 is 0 Å². The molecule has 0 aliphatic heterocycles. The monoisotopic (exact) mass is 196 g/mol. The Morgan fingerprint density at radius 2 is 1.83 bits per heavy atom. The van der Waals surface area contributed by atoms with Gasteiger partial charge in [0.15, 0.2) is 0 Å². The van der Waals surface area contributed by atoms with Crippen LogP contribution in [0.5, 0.6) is 0 Å². The van der Waals surface area contributed by atoms with E-state index in [1.165, 1.54) is 6.42 Å². The Labute approximate surface area is 73.9 Å². The van der Waals surface area contributed by atoms with E-state index in [0.717, 1.165) is 12.3 Å². The minimum atomic E-state index is -4.67. The van der Waals surface area contributed by atoms with Crippen molar-refractivity contribution < 1.29 is 17.5 Å². The molecule has 0 aliphatic rings. The fraction of sp³-hybridized carbons (Fsp3) is 0.714. The Hall–Kier alpha value is -0.390. The molecule has 0 aliphatic carbocycles. The van der Waals surface area contributed by atoms with E-state index in [2.05, 4.69) is 20.4 Å². The van der Waals surface area contributed by atoms with Crippen LogP contribution in [0.15, 0.2) is 12.7 Å². The van der Waals surface area contributed by atoms with Crippen molar-refractivity contribution in [3.8, 4) is 0 Å². The van der Waals surface area contributed by atoms with Crippen molar-refractivity contribution in [2.75, 3.05) is 0 Å². The van der Waals surface area contributed by atoms with Crippen molar-refractivity contribution >= 4 is 10.4 Å². The molecule has 0 rings (SSSR count). The van der Waals surface area contributed by atoms with Crippen LogP contribution in [-0.2, 0) is 10.4 Å². The second-order valence-corrected chi connectivity index (χ2v) is 3.38. The van der Waals surface area contributed by atoms with Gasteiger partial charge in [0, 0.05) is 0 Å². The Morgan fingerprint density at radius 1 is 1.50 bits per heavy atom. The molecular weight excluding hydrogens is 180 g/mol. The minimum Gasteiger partial charge on any atom is -0.264 e. The van der Waals surface area contributed by atoms with Gasteiger partial charge in [-0.2, -0.15) is 8.42 Å². The molecule has 0 aromatic rings. The third-order valence-corrected chi connectivity index (χ3v) is 1.27. The highest BCUT2D eigenvalue weighted by Gasteiger charge is 1.90. The highest BCUT2D eigenvalue weighted by Crippen LogP contribution is 2.04. The van der Waals surface area contributed by atoms with E-state index in [9.17, 15) is 0 Å². The van der Waals surface area contributed by atoms with Gasteiger partial charge in [-0.15, -0.1) is 6.58 Å². The van der Waals surface area contributed by atoms with Gasteiger partial charge in [0.2, 0.25) is 0 Å². The van der Waals surface area contributed by atoms with Crippen LogP contribution in [0.2, 0.25) is 0 Å². The summed E-state index contributed by atoms with van der Waals surface area (Å²) in [6.07, 6.45) is 4.41. The predicted octanol–water partition coefficient (Wildman–Crippen LogP) is 1.96. The second kappa shape index (κ2) is 7.27. The summed E-state index contributed by atoms with van der Waals surface area (Å²) >= 11 is 0. The van der Waals surface area contributed by atoms with Gasteiger partial charge in [-0.1, -0.05) is 26.3 Å². The van der Waals surface area contributed by atoms with Gasteiger partial charge >= 0.3 is 10.4 Å². The van der Waals surface area contributed by atoms with Crippen LogP contribution in [0.3, 0.4) is 0 Å². The summed E-state index contributed by atoms with van der Waals surface area (Å²) in [5, 5.41) is 0. The molecule has 0 spiro atoms. The second-order valence-electron chi connectivity index (χ2n) is 2.49. The van der Waals surface area contributed by atoms with E-state index in [-0.39, 0.29) is 0 Å². The van der Waals surface area contributed by atoms with Gasteiger partial charge in [-0.05, 0) is 12.3 Å². The van der Waals surface area contributed by atoms with E-state index in [1.54, 1.807) is 0 Å². The zero-order chi connectivity index (χ0) is 10.2. The minimum absolute atomic E-state index is 0.831. The van der Waals surface area contributed by atoms with Gasteiger partial charge < -0.3 is 0 Å². The first-order chi connectivity index (χ1) is 5.31. The van der Waals surface area contributed by atoms with Crippen LogP contribution < -0.4 is 0 Å². The van der Waals surface area contributed by atoms with Gasteiger partial charge in [0.1, 0.15) is 0 Å². The summed E-state index contributed by atoms with van der Waals surface area (Å²) in [6.45, 7) is 8.09. The standard InChI is InChI=1S/C7H14.H2O4S/c1-4-6-7(3)5-2;1-5(2,3)4/h4,7H,1,5-6H2,2-3H3;(H2,1,2,3,4)/t7-;/m0./s1. The van der Waals surface area contributed by atoms with Crippen LogP contribution in [-0.4, -0.2) is 17.5 Å². The van der Waals surface area contributed by atoms with Gasteiger partial charge in [-0.3, -0.25) is 9.11 Å². The molecule has 5 heteroatoms. The van der Waals surface area contributed by atoms with Gasteiger partial charge in [0.25, 0.3) is 0 Å². The summed E-state index contributed by atoms with van der Waals surface area (Å²) in [5.74, 6) is 0.831. The number of rotatable bonds is 3. The van der Waals surface area contributed by atoms with E-state index in [4.69, 9.17) is 17.5 Å².